The number of hydrogen-bond donors (Lipinski definition) is 6. The number of benzene rings is 4. The van der Waals surface area contributed by atoms with E-state index in [1.54, 1.807) is 0 Å². The topological polar surface area (TPSA) is 357 Å². The number of hydrogen-bond acceptors (Lipinski definition) is 28. The molecule has 0 aliphatic carbocycles. The highest BCUT2D eigenvalue weighted by Gasteiger charge is 2.25. The molecule has 0 spiro atoms. The van der Waals surface area contributed by atoms with E-state index < -0.39 is 59.5 Å². The molecule has 0 bridgehead atoms. The van der Waals surface area contributed by atoms with Crippen molar-refractivity contribution >= 4 is 106 Å². The summed E-state index contributed by atoms with van der Waals surface area (Å²) in [6.45, 7) is -0.728. The maximum atomic E-state index is 13.1. The number of rotatable bonds is 26. The van der Waals surface area contributed by atoms with E-state index in [0.29, 0.717) is 12.0 Å². The lowest BCUT2D eigenvalue weighted by molar-refractivity contribution is -0.434. The van der Waals surface area contributed by atoms with Gasteiger partial charge in [0.05, 0.1) is 72.1 Å². The largest absolute Gasteiger partial charge is 0.505 e. The van der Waals surface area contributed by atoms with E-state index in [1.807, 2.05) is 0 Å². The molecule has 26 nitrogen and oxygen atoms in total. The molecule has 0 amide bonds. The van der Waals surface area contributed by atoms with Crippen LogP contribution >= 0.6 is 36.7 Å². The molecule has 0 aromatic heterocycles. The number of fused-ring (bicyclic) bond motifs is 1. The predicted molar refractivity (Wildman–Crippen MR) is 211 cm³/mol. The van der Waals surface area contributed by atoms with Crippen LogP contribution < -0.4 is 14.8 Å². The van der Waals surface area contributed by atoms with E-state index in [-0.39, 0.29) is 96.6 Å². The molecular weight excluding hydrogens is 947 g/mol. The zero-order valence-electron chi connectivity index (χ0n) is 30.7. The first-order chi connectivity index (χ1) is 29.1. The highest BCUT2D eigenvalue weighted by Crippen LogP contribution is 2.49. The lowest BCUT2D eigenvalue weighted by Crippen LogP contribution is -2.13. The van der Waals surface area contributed by atoms with Gasteiger partial charge in [-0.1, -0.05) is 15.1 Å². The van der Waals surface area contributed by atoms with Gasteiger partial charge in [0.15, 0.2) is 50.1 Å². The molecule has 4 aromatic rings. The van der Waals surface area contributed by atoms with Crippen molar-refractivity contribution in [2.24, 2.45) is 20.5 Å². The Bertz CT molecular complexity index is 2520. The summed E-state index contributed by atoms with van der Waals surface area (Å²) in [6.07, 6.45) is 0. The van der Waals surface area contributed by atoms with E-state index in [4.69, 9.17) is 33.6 Å². The van der Waals surface area contributed by atoms with Crippen molar-refractivity contribution in [1.82, 2.24) is 0 Å². The smallest absolute Gasteiger partial charge is 0.283 e. The number of ether oxygens (including phenoxy) is 2. The number of azo groups is 2. The summed E-state index contributed by atoms with van der Waals surface area (Å²) in [6, 6.07) is 11.3. The van der Waals surface area contributed by atoms with Crippen molar-refractivity contribution in [1.29, 1.82) is 0 Å². The molecule has 0 saturated carbocycles. The minimum absolute atomic E-state index is 0.00895. The highest BCUT2D eigenvalue weighted by atomic mass is 32.2. The molecule has 0 aliphatic heterocycles. The normalized spacial score (nSPS) is 12.5. The van der Waals surface area contributed by atoms with Crippen LogP contribution in [0, 0.1) is 0 Å². The molecule has 6 N–H and O–H groups in total. The van der Waals surface area contributed by atoms with Gasteiger partial charge in [-0.2, -0.15) is 13.5 Å². The zero-order valence-corrected chi connectivity index (χ0v) is 35.6. The van der Waals surface area contributed by atoms with Crippen molar-refractivity contribution < 1.29 is 96.6 Å². The molecule has 0 heterocycles. The van der Waals surface area contributed by atoms with E-state index in [0.717, 1.165) is 6.07 Å². The van der Waals surface area contributed by atoms with Gasteiger partial charge >= 0.3 is 0 Å². The van der Waals surface area contributed by atoms with Gasteiger partial charge in [-0.15, -0.1) is 28.3 Å². The quantitative estimate of drug-likeness (QED) is 0.00960. The summed E-state index contributed by atoms with van der Waals surface area (Å²) in [7, 11) is -10.1. The monoisotopic (exact) mass is 977 g/mol. The number of aromatic hydroxyl groups is 1. The molecule has 0 unspecified atom stereocenters. The van der Waals surface area contributed by atoms with Gasteiger partial charge < -0.3 is 19.9 Å². The Labute approximate surface area is 357 Å². The van der Waals surface area contributed by atoms with E-state index >= 15 is 0 Å². The molecule has 0 aliphatic rings. The Kier molecular flexibility index (Phi) is 19.0. The minimum Gasteiger partial charge on any atom is -0.505 e. The standard InChI is InChI=1S/C29H31N5O21S6/c1-46-23-15-26(60(41,42)12-10-49-58-55-52-38)24(47-2)14-22(23)32-34-28-25(56-53-50-36)13-20-19(29(28)35)7-8-21(30-16-61(43,44)45)27(20)33-31-17-3-5-18(6-4-17)59(39,40)11-9-48-57-54-51-37/h3-8,13-15,30,35-38H,9-12,16H2,1-2H3,(H,43,44,45)/b33-31+,34-32+. The van der Waals surface area contributed by atoms with Gasteiger partial charge in [-0.3, -0.25) is 12.9 Å². The fraction of sp³-hybridized carbons (Fsp3) is 0.241. The Morgan fingerprint density at radius 3 is 1.87 bits per heavy atom. The fourth-order valence-corrected chi connectivity index (χ4v) is 8.60. The van der Waals surface area contributed by atoms with Crippen molar-refractivity contribution in [3.05, 3.63) is 54.6 Å². The number of sulfone groups is 2. The first-order valence-corrected chi connectivity index (χ1v) is 22.9. The third-order valence-corrected chi connectivity index (χ3v) is 12.7. The average Bonchev–Trinajstić information content (AvgIpc) is 3.23. The fourth-order valence-electron chi connectivity index (χ4n) is 4.79. The third kappa shape index (κ3) is 14.2. The van der Waals surface area contributed by atoms with E-state index in [9.17, 15) is 34.9 Å². The van der Waals surface area contributed by atoms with Gasteiger partial charge in [0.2, 0.25) is 0 Å². The highest BCUT2D eigenvalue weighted by molar-refractivity contribution is 7.94. The van der Waals surface area contributed by atoms with Gasteiger partial charge in [0.1, 0.15) is 39.3 Å². The second-order valence-corrected chi connectivity index (χ2v) is 18.4. The Morgan fingerprint density at radius 1 is 0.672 bits per heavy atom. The number of nitrogens with one attached hydrogen (secondary N) is 1. The van der Waals surface area contributed by atoms with Crippen LogP contribution in [0.5, 0.6) is 17.2 Å². The van der Waals surface area contributed by atoms with Crippen molar-refractivity contribution in [2.45, 2.75) is 14.7 Å². The average molecular weight is 978 g/mol. The Morgan fingerprint density at radius 2 is 1.28 bits per heavy atom. The summed E-state index contributed by atoms with van der Waals surface area (Å²) in [5, 5.41) is 66.4. The number of nitrogens with zero attached hydrogens (tertiary/aromatic N) is 4. The van der Waals surface area contributed by atoms with E-state index in [1.165, 1.54) is 62.8 Å². The van der Waals surface area contributed by atoms with Crippen LogP contribution in [-0.2, 0) is 66.3 Å². The zero-order chi connectivity index (χ0) is 44.6. The predicted octanol–water partition coefficient (Wildman–Crippen LogP) is 6.63. The van der Waals surface area contributed by atoms with Crippen LogP contribution in [0.15, 0.2) is 89.7 Å². The molecule has 0 radical (unpaired) electrons. The second kappa shape index (κ2) is 23.4. The van der Waals surface area contributed by atoms with Gasteiger partial charge in [0, 0.05) is 22.9 Å². The summed E-state index contributed by atoms with van der Waals surface area (Å²) in [5.41, 5.74) is -0.463. The minimum atomic E-state index is -4.58. The molecule has 0 saturated heterocycles. The van der Waals surface area contributed by atoms with Gasteiger partial charge in [-0.25, -0.2) is 32.6 Å². The van der Waals surface area contributed by atoms with E-state index in [2.05, 4.69) is 53.9 Å². The summed E-state index contributed by atoms with van der Waals surface area (Å²) < 4.78 is 117. The van der Waals surface area contributed by atoms with Crippen molar-refractivity contribution in [3.63, 3.8) is 0 Å². The molecule has 61 heavy (non-hydrogen) atoms. The van der Waals surface area contributed by atoms with Crippen molar-refractivity contribution in [2.75, 3.05) is 50.1 Å². The SMILES string of the molecule is COc1cc(S(=O)(=O)CCOSOOO)c(OC)cc1/N=N/c1c(SOOO)cc2c(/N=N/c3ccc(S(=O)(=O)CCOSOOO)cc3)c(NCS(=O)(=O)O)ccc2c1O. The van der Waals surface area contributed by atoms with Gasteiger partial charge in [-0.05, 0) is 42.5 Å². The Hall–Kier alpha value is -4.04. The van der Waals surface area contributed by atoms with Crippen LogP contribution in [0.25, 0.3) is 10.8 Å². The lowest BCUT2D eigenvalue weighted by atomic mass is 10.1. The first kappa shape index (κ1) is 49.6. The van der Waals surface area contributed by atoms with Crippen LogP contribution in [0.3, 0.4) is 0 Å². The van der Waals surface area contributed by atoms with Crippen LogP contribution in [0.1, 0.15) is 0 Å². The molecule has 4 aromatic carbocycles. The summed E-state index contributed by atoms with van der Waals surface area (Å²) >= 11 is 0.717. The van der Waals surface area contributed by atoms with Crippen LogP contribution in [0.4, 0.5) is 28.4 Å². The molecule has 0 atom stereocenters. The van der Waals surface area contributed by atoms with Gasteiger partial charge in [0.25, 0.3) is 10.1 Å². The van der Waals surface area contributed by atoms with Crippen molar-refractivity contribution in [3.8, 4) is 17.2 Å². The summed E-state index contributed by atoms with van der Waals surface area (Å²) in [5.74, 6) is -2.92. The number of anilines is 1. The summed E-state index contributed by atoms with van der Waals surface area (Å²) in [4.78, 5) is -0.544. The maximum Gasteiger partial charge on any atom is 0.283 e. The third-order valence-electron chi connectivity index (χ3n) is 7.41. The molecular formula is C29H31N5O21S6. The molecule has 32 heteroatoms. The maximum absolute atomic E-state index is 13.1. The number of methoxy groups -OCH3 is 2. The molecule has 4 rings (SSSR count). The number of phenols is 1. The lowest BCUT2D eigenvalue weighted by Gasteiger charge is -2.14. The molecule has 334 valence electrons. The van der Waals surface area contributed by atoms with Crippen LogP contribution in [-0.4, -0.2) is 95.5 Å². The number of phenolic OH excluding ortho intramolecular Hbond substituents is 1. The second-order valence-electron chi connectivity index (χ2n) is 11.0. The first-order valence-electron chi connectivity index (χ1n) is 15.9. The van der Waals surface area contributed by atoms with Crippen LogP contribution in [0.2, 0.25) is 0 Å². The Balaban J connectivity index is 1.77. The molecule has 0 fully saturated rings.